The molecule has 84 valence electrons. The van der Waals surface area contributed by atoms with Crippen LogP contribution in [0.25, 0.3) is 22.4 Å². The molecule has 0 bridgehead atoms. The molecule has 0 aliphatic heterocycles. The first-order valence-corrected chi connectivity index (χ1v) is 5.34. The zero-order valence-corrected chi connectivity index (χ0v) is 9.44. The molecule has 0 saturated carbocycles. The average molecular weight is 246 g/mol. The molecule has 17 heavy (non-hydrogen) atoms. The van der Waals surface area contributed by atoms with Gasteiger partial charge in [-0.1, -0.05) is 11.6 Å². The Kier molecular flexibility index (Phi) is 2.19. The van der Waals surface area contributed by atoms with Crippen LogP contribution in [0, 0.1) is 0 Å². The number of rotatable bonds is 1. The lowest BCUT2D eigenvalue weighted by Crippen LogP contribution is -1.95. The van der Waals surface area contributed by atoms with Crippen LogP contribution in [-0.2, 0) is 0 Å². The molecule has 0 unspecified atom stereocenters. The van der Waals surface area contributed by atoms with Crippen molar-refractivity contribution in [2.24, 2.45) is 0 Å². The fourth-order valence-electron chi connectivity index (χ4n) is 1.63. The number of aromatic nitrogens is 4. The third-order valence-electron chi connectivity index (χ3n) is 2.45. The molecular formula is C11H8ClN5. The first-order valence-electron chi connectivity index (χ1n) is 4.96. The Hall–Kier alpha value is -2.14. The molecule has 0 aromatic carbocycles. The second-order valence-corrected chi connectivity index (χ2v) is 3.93. The number of anilines is 1. The van der Waals surface area contributed by atoms with Crippen LogP contribution < -0.4 is 5.73 Å². The summed E-state index contributed by atoms with van der Waals surface area (Å²) in [6.07, 6.45) is 4.93. The van der Waals surface area contributed by atoms with E-state index in [1.54, 1.807) is 24.7 Å². The number of nitrogens with one attached hydrogen (secondary N) is 1. The highest BCUT2D eigenvalue weighted by Gasteiger charge is 2.09. The van der Waals surface area contributed by atoms with E-state index < -0.39 is 0 Å². The SMILES string of the molecule is Nc1ncccc1-c1cnc2[nH]cc(Cl)c2n1. The van der Waals surface area contributed by atoms with E-state index in [9.17, 15) is 0 Å². The van der Waals surface area contributed by atoms with E-state index >= 15 is 0 Å². The van der Waals surface area contributed by atoms with Crippen LogP contribution in [0.5, 0.6) is 0 Å². The quantitative estimate of drug-likeness (QED) is 0.689. The van der Waals surface area contributed by atoms with E-state index in [0.29, 0.717) is 27.7 Å². The molecule has 3 aromatic heterocycles. The van der Waals surface area contributed by atoms with Gasteiger partial charge in [-0.15, -0.1) is 0 Å². The van der Waals surface area contributed by atoms with Crippen LogP contribution in [0.15, 0.2) is 30.7 Å². The Morgan fingerprint density at radius 2 is 2.18 bits per heavy atom. The van der Waals surface area contributed by atoms with Gasteiger partial charge in [0.05, 0.1) is 16.9 Å². The van der Waals surface area contributed by atoms with Gasteiger partial charge in [-0.2, -0.15) is 0 Å². The largest absolute Gasteiger partial charge is 0.383 e. The molecule has 0 amide bonds. The van der Waals surface area contributed by atoms with Crippen LogP contribution in [0.2, 0.25) is 5.02 Å². The summed E-state index contributed by atoms with van der Waals surface area (Å²) >= 11 is 5.99. The molecule has 3 N–H and O–H groups in total. The Balaban J connectivity index is 2.24. The molecular weight excluding hydrogens is 238 g/mol. The maximum atomic E-state index is 5.99. The number of nitrogen functional groups attached to an aromatic ring is 1. The Bertz CT molecular complexity index is 691. The molecule has 0 saturated heterocycles. The number of hydrogen-bond acceptors (Lipinski definition) is 4. The van der Waals surface area contributed by atoms with Gasteiger partial charge in [0.2, 0.25) is 0 Å². The summed E-state index contributed by atoms with van der Waals surface area (Å²) in [6.45, 7) is 0. The maximum absolute atomic E-state index is 5.99. The average Bonchev–Trinajstić information content (AvgIpc) is 2.71. The van der Waals surface area contributed by atoms with Crippen molar-refractivity contribution in [2.45, 2.75) is 0 Å². The summed E-state index contributed by atoms with van der Waals surface area (Å²) in [5.74, 6) is 0.424. The number of fused-ring (bicyclic) bond motifs is 1. The van der Waals surface area contributed by atoms with Crippen molar-refractivity contribution in [1.82, 2.24) is 19.9 Å². The monoisotopic (exact) mass is 245 g/mol. The van der Waals surface area contributed by atoms with Crippen molar-refractivity contribution < 1.29 is 0 Å². The lowest BCUT2D eigenvalue weighted by atomic mass is 10.2. The number of pyridine rings is 1. The Morgan fingerprint density at radius 1 is 1.29 bits per heavy atom. The number of aromatic amines is 1. The molecule has 3 heterocycles. The topological polar surface area (TPSA) is 80.5 Å². The minimum Gasteiger partial charge on any atom is -0.383 e. The smallest absolute Gasteiger partial charge is 0.157 e. The van der Waals surface area contributed by atoms with Crippen LogP contribution in [0.3, 0.4) is 0 Å². The molecule has 0 spiro atoms. The van der Waals surface area contributed by atoms with Crippen molar-refractivity contribution in [3.05, 3.63) is 35.7 Å². The molecule has 0 aliphatic carbocycles. The Labute approximate surface area is 102 Å². The summed E-state index contributed by atoms with van der Waals surface area (Å²) < 4.78 is 0. The van der Waals surface area contributed by atoms with E-state index in [4.69, 9.17) is 17.3 Å². The van der Waals surface area contributed by atoms with Crippen molar-refractivity contribution in [3.63, 3.8) is 0 Å². The molecule has 0 radical (unpaired) electrons. The van der Waals surface area contributed by atoms with Gasteiger partial charge in [-0.25, -0.2) is 15.0 Å². The van der Waals surface area contributed by atoms with Gasteiger partial charge in [0.15, 0.2) is 5.65 Å². The summed E-state index contributed by atoms with van der Waals surface area (Å²) in [7, 11) is 0. The second kappa shape index (κ2) is 3.71. The van der Waals surface area contributed by atoms with Crippen molar-refractivity contribution in [2.75, 3.05) is 5.73 Å². The van der Waals surface area contributed by atoms with Gasteiger partial charge >= 0.3 is 0 Å². The van der Waals surface area contributed by atoms with Crippen molar-refractivity contribution >= 4 is 28.6 Å². The zero-order chi connectivity index (χ0) is 11.8. The van der Waals surface area contributed by atoms with E-state index in [1.807, 2.05) is 6.07 Å². The normalized spacial score (nSPS) is 10.9. The van der Waals surface area contributed by atoms with Gasteiger partial charge in [0.25, 0.3) is 0 Å². The zero-order valence-electron chi connectivity index (χ0n) is 8.68. The number of halogens is 1. The standard InChI is InChI=1S/C11H8ClN5/c12-7-4-15-11-9(7)17-8(5-16-11)6-2-1-3-14-10(6)13/h1-5H,(H2,13,14)(H,15,16). The third kappa shape index (κ3) is 1.60. The number of H-pyrrole nitrogens is 1. The molecule has 6 heteroatoms. The predicted octanol–water partition coefficient (Wildman–Crippen LogP) is 2.26. The molecule has 0 atom stereocenters. The summed E-state index contributed by atoms with van der Waals surface area (Å²) in [5.41, 5.74) is 8.48. The van der Waals surface area contributed by atoms with E-state index in [1.165, 1.54) is 0 Å². The predicted molar refractivity (Wildman–Crippen MR) is 66.5 cm³/mol. The van der Waals surface area contributed by atoms with Crippen LogP contribution >= 0.6 is 11.6 Å². The summed E-state index contributed by atoms with van der Waals surface area (Å²) in [6, 6.07) is 3.65. The Morgan fingerprint density at radius 3 is 3.00 bits per heavy atom. The summed E-state index contributed by atoms with van der Waals surface area (Å²) in [5, 5.41) is 0.539. The minimum atomic E-state index is 0.424. The second-order valence-electron chi connectivity index (χ2n) is 3.53. The van der Waals surface area contributed by atoms with E-state index in [0.717, 1.165) is 5.56 Å². The number of nitrogens with two attached hydrogens (primary N) is 1. The van der Waals surface area contributed by atoms with E-state index in [2.05, 4.69) is 19.9 Å². The highest BCUT2D eigenvalue weighted by atomic mass is 35.5. The van der Waals surface area contributed by atoms with Crippen LogP contribution in [0.1, 0.15) is 0 Å². The molecule has 0 aliphatic rings. The fourth-order valence-corrected chi connectivity index (χ4v) is 1.81. The highest BCUT2D eigenvalue weighted by Crippen LogP contribution is 2.25. The van der Waals surface area contributed by atoms with Gasteiger partial charge in [0.1, 0.15) is 11.3 Å². The van der Waals surface area contributed by atoms with Crippen molar-refractivity contribution in [1.29, 1.82) is 0 Å². The van der Waals surface area contributed by atoms with Gasteiger partial charge < -0.3 is 10.7 Å². The van der Waals surface area contributed by atoms with Gasteiger partial charge in [-0.3, -0.25) is 0 Å². The van der Waals surface area contributed by atoms with Crippen molar-refractivity contribution in [3.8, 4) is 11.3 Å². The fraction of sp³-hybridized carbons (Fsp3) is 0. The molecule has 5 nitrogen and oxygen atoms in total. The minimum absolute atomic E-state index is 0.424. The van der Waals surface area contributed by atoms with Crippen LogP contribution in [0.4, 0.5) is 5.82 Å². The first kappa shape index (κ1) is 10.0. The van der Waals surface area contributed by atoms with Crippen LogP contribution in [-0.4, -0.2) is 19.9 Å². The molecule has 3 aromatic rings. The lowest BCUT2D eigenvalue weighted by Gasteiger charge is -2.03. The van der Waals surface area contributed by atoms with Gasteiger partial charge in [-0.05, 0) is 12.1 Å². The molecule has 0 fully saturated rings. The molecule has 3 rings (SSSR count). The maximum Gasteiger partial charge on any atom is 0.157 e. The van der Waals surface area contributed by atoms with E-state index in [-0.39, 0.29) is 0 Å². The summed E-state index contributed by atoms with van der Waals surface area (Å²) in [4.78, 5) is 15.6. The van der Waals surface area contributed by atoms with Gasteiger partial charge in [0, 0.05) is 18.0 Å². The lowest BCUT2D eigenvalue weighted by molar-refractivity contribution is 1.25. The highest BCUT2D eigenvalue weighted by molar-refractivity contribution is 6.34. The third-order valence-corrected chi connectivity index (χ3v) is 2.74. The first-order chi connectivity index (χ1) is 8.25. The number of hydrogen-bond donors (Lipinski definition) is 2. The number of nitrogens with zero attached hydrogens (tertiary/aromatic N) is 3.